The molecule has 3 aromatic heterocycles. The number of hydrogen-bond donors (Lipinski definition) is 0. The van der Waals surface area contributed by atoms with E-state index in [1.807, 2.05) is 30.7 Å². The highest BCUT2D eigenvalue weighted by atomic mass is 15.2. The van der Waals surface area contributed by atoms with E-state index in [2.05, 4.69) is 48.3 Å². The van der Waals surface area contributed by atoms with Crippen LogP contribution in [0.15, 0.2) is 49.1 Å². The van der Waals surface area contributed by atoms with Crippen LogP contribution in [-0.2, 0) is 13.1 Å². The summed E-state index contributed by atoms with van der Waals surface area (Å²) in [5.74, 6) is 0.783. The summed E-state index contributed by atoms with van der Waals surface area (Å²) in [4.78, 5) is 18.2. The lowest BCUT2D eigenvalue weighted by Gasteiger charge is -2.27. The first-order valence-electron chi connectivity index (χ1n) is 9.39. The van der Waals surface area contributed by atoms with E-state index in [9.17, 15) is 0 Å². The number of likely N-dealkylation sites (tertiary alicyclic amines) is 1. The van der Waals surface area contributed by atoms with Crippen molar-refractivity contribution in [3.05, 3.63) is 60.4 Å². The molecule has 0 saturated carbocycles. The van der Waals surface area contributed by atoms with E-state index in [1.54, 1.807) is 6.20 Å². The summed E-state index contributed by atoms with van der Waals surface area (Å²) in [5, 5.41) is 0. The Kier molecular flexibility index (Phi) is 5.22. The zero-order chi connectivity index (χ0) is 17.8. The molecule has 0 N–H and O–H groups in total. The van der Waals surface area contributed by atoms with E-state index in [4.69, 9.17) is 0 Å². The van der Waals surface area contributed by atoms with Crippen LogP contribution >= 0.6 is 0 Å². The number of fused-ring (bicyclic) bond motifs is 1. The van der Waals surface area contributed by atoms with Gasteiger partial charge < -0.3 is 0 Å². The monoisotopic (exact) mass is 350 g/mol. The Balaban J connectivity index is 1.36. The van der Waals surface area contributed by atoms with Gasteiger partial charge in [-0.1, -0.05) is 6.07 Å². The topological polar surface area (TPSA) is 49.6 Å². The predicted molar refractivity (Wildman–Crippen MR) is 102 cm³/mol. The third kappa shape index (κ3) is 3.92. The van der Waals surface area contributed by atoms with Crippen molar-refractivity contribution in [3.63, 3.8) is 0 Å². The SMILES string of the molecule is CN(Cc1ccccn1)[C@H]1CCCN(Cc2cnc3ncccn23)CC1. The van der Waals surface area contributed by atoms with E-state index < -0.39 is 0 Å². The molecule has 0 aromatic carbocycles. The van der Waals surface area contributed by atoms with E-state index in [-0.39, 0.29) is 0 Å². The van der Waals surface area contributed by atoms with Gasteiger partial charge in [0.05, 0.1) is 17.6 Å². The Morgan fingerprint density at radius 2 is 2.00 bits per heavy atom. The van der Waals surface area contributed by atoms with Crippen molar-refractivity contribution >= 4 is 5.78 Å². The van der Waals surface area contributed by atoms with E-state index in [0.717, 1.165) is 37.7 Å². The lowest BCUT2D eigenvalue weighted by molar-refractivity contribution is 0.204. The molecule has 4 heterocycles. The number of rotatable bonds is 5. The van der Waals surface area contributed by atoms with E-state index in [1.165, 1.54) is 25.0 Å². The van der Waals surface area contributed by atoms with Crippen molar-refractivity contribution in [1.29, 1.82) is 0 Å². The molecule has 1 aliphatic rings. The molecular formula is C20H26N6. The second-order valence-corrected chi connectivity index (χ2v) is 7.14. The number of hydrogen-bond acceptors (Lipinski definition) is 5. The average Bonchev–Trinajstić information content (AvgIpc) is 2.92. The van der Waals surface area contributed by atoms with Gasteiger partial charge in [0.25, 0.3) is 0 Å². The minimum absolute atomic E-state index is 0.617. The quantitative estimate of drug-likeness (QED) is 0.708. The summed E-state index contributed by atoms with van der Waals surface area (Å²) >= 11 is 0. The van der Waals surface area contributed by atoms with Crippen LogP contribution in [-0.4, -0.2) is 55.3 Å². The largest absolute Gasteiger partial charge is 0.298 e. The molecule has 0 spiro atoms. The summed E-state index contributed by atoms with van der Waals surface area (Å²) in [5.41, 5.74) is 2.36. The Morgan fingerprint density at radius 1 is 1.08 bits per heavy atom. The summed E-state index contributed by atoms with van der Waals surface area (Å²) < 4.78 is 2.09. The second-order valence-electron chi connectivity index (χ2n) is 7.14. The van der Waals surface area contributed by atoms with Gasteiger partial charge in [0.1, 0.15) is 0 Å². The second kappa shape index (κ2) is 7.93. The maximum atomic E-state index is 4.46. The number of aromatic nitrogens is 4. The minimum atomic E-state index is 0.617. The Labute approximate surface area is 154 Å². The zero-order valence-corrected chi connectivity index (χ0v) is 15.3. The van der Waals surface area contributed by atoms with Gasteiger partial charge in [-0.3, -0.25) is 19.2 Å². The fraction of sp³-hybridized carbons (Fsp3) is 0.450. The minimum Gasteiger partial charge on any atom is -0.298 e. The van der Waals surface area contributed by atoms with Crippen molar-refractivity contribution in [3.8, 4) is 0 Å². The number of pyridine rings is 1. The standard InChI is InChI=1S/C20H26N6/c1-24(15-17-6-2-3-9-21-17)18-7-4-11-25(13-8-18)16-19-14-23-20-22-10-5-12-26(19)20/h2-3,5-6,9-10,12,14,18H,4,7-8,11,13,15-16H2,1H3/t18-/m0/s1. The van der Waals surface area contributed by atoms with Crippen molar-refractivity contribution in [1.82, 2.24) is 29.2 Å². The molecule has 0 aliphatic carbocycles. The lowest BCUT2D eigenvalue weighted by Crippen LogP contribution is -2.33. The van der Waals surface area contributed by atoms with Gasteiger partial charge in [-0.15, -0.1) is 0 Å². The molecule has 0 bridgehead atoms. The molecule has 6 heteroatoms. The molecule has 1 fully saturated rings. The predicted octanol–water partition coefficient (Wildman–Crippen LogP) is 2.61. The van der Waals surface area contributed by atoms with Crippen LogP contribution < -0.4 is 0 Å². The molecule has 0 amide bonds. The molecule has 3 aromatic rings. The molecule has 1 saturated heterocycles. The fourth-order valence-electron chi connectivity index (χ4n) is 3.84. The van der Waals surface area contributed by atoms with Crippen molar-refractivity contribution in [2.45, 2.75) is 38.4 Å². The summed E-state index contributed by atoms with van der Waals surface area (Å²) in [7, 11) is 2.23. The molecule has 26 heavy (non-hydrogen) atoms. The summed E-state index contributed by atoms with van der Waals surface area (Å²) in [6.07, 6.45) is 11.3. The molecule has 0 radical (unpaired) electrons. The van der Waals surface area contributed by atoms with Gasteiger partial charge in [-0.2, -0.15) is 0 Å². The van der Waals surface area contributed by atoms with Gasteiger partial charge in [0.2, 0.25) is 5.78 Å². The first-order chi connectivity index (χ1) is 12.8. The number of nitrogens with zero attached hydrogens (tertiary/aromatic N) is 6. The van der Waals surface area contributed by atoms with Crippen molar-refractivity contribution < 1.29 is 0 Å². The molecule has 0 unspecified atom stereocenters. The van der Waals surface area contributed by atoms with Crippen LogP contribution in [0.2, 0.25) is 0 Å². The first kappa shape index (κ1) is 17.1. The molecule has 1 atom stereocenters. The van der Waals surface area contributed by atoms with Gasteiger partial charge in [0, 0.05) is 44.3 Å². The van der Waals surface area contributed by atoms with Crippen molar-refractivity contribution in [2.75, 3.05) is 20.1 Å². The zero-order valence-electron chi connectivity index (χ0n) is 15.3. The summed E-state index contributed by atoms with van der Waals surface area (Å²) in [6, 6.07) is 8.73. The third-order valence-electron chi connectivity index (χ3n) is 5.30. The normalized spacial score (nSPS) is 19.1. The van der Waals surface area contributed by atoms with Gasteiger partial charge in [-0.25, -0.2) is 9.97 Å². The fourth-order valence-corrected chi connectivity index (χ4v) is 3.84. The molecule has 6 nitrogen and oxygen atoms in total. The van der Waals surface area contributed by atoms with Gasteiger partial charge >= 0.3 is 0 Å². The van der Waals surface area contributed by atoms with Gasteiger partial charge in [-0.05, 0) is 51.1 Å². The average molecular weight is 350 g/mol. The molecule has 1 aliphatic heterocycles. The Bertz CT molecular complexity index is 830. The highest BCUT2D eigenvalue weighted by Crippen LogP contribution is 2.19. The Hall–Kier alpha value is -2.31. The van der Waals surface area contributed by atoms with Crippen LogP contribution in [0.5, 0.6) is 0 Å². The highest BCUT2D eigenvalue weighted by molar-refractivity contribution is 5.30. The van der Waals surface area contributed by atoms with Crippen LogP contribution in [0.25, 0.3) is 5.78 Å². The third-order valence-corrected chi connectivity index (χ3v) is 5.30. The maximum Gasteiger partial charge on any atom is 0.233 e. The molecule has 136 valence electrons. The van der Waals surface area contributed by atoms with Crippen LogP contribution in [0.1, 0.15) is 30.7 Å². The van der Waals surface area contributed by atoms with Crippen molar-refractivity contribution in [2.24, 2.45) is 0 Å². The van der Waals surface area contributed by atoms with E-state index in [0.29, 0.717) is 6.04 Å². The van der Waals surface area contributed by atoms with Crippen LogP contribution in [0, 0.1) is 0 Å². The van der Waals surface area contributed by atoms with E-state index >= 15 is 0 Å². The van der Waals surface area contributed by atoms with Crippen LogP contribution in [0.4, 0.5) is 0 Å². The molecule has 4 rings (SSSR count). The van der Waals surface area contributed by atoms with Crippen LogP contribution in [0.3, 0.4) is 0 Å². The number of imidazole rings is 1. The maximum absolute atomic E-state index is 4.46. The van der Waals surface area contributed by atoms with Gasteiger partial charge in [0.15, 0.2) is 0 Å². The highest BCUT2D eigenvalue weighted by Gasteiger charge is 2.21. The summed E-state index contributed by atoms with van der Waals surface area (Å²) in [6.45, 7) is 4.11. The molecular weight excluding hydrogens is 324 g/mol. The first-order valence-corrected chi connectivity index (χ1v) is 9.39. The lowest BCUT2D eigenvalue weighted by atomic mass is 10.1. The smallest absolute Gasteiger partial charge is 0.233 e. The Morgan fingerprint density at radius 3 is 2.88 bits per heavy atom.